The van der Waals surface area contributed by atoms with Crippen molar-refractivity contribution in [3.63, 3.8) is 0 Å². The molecular weight excluding hydrogens is 226 g/mol. The van der Waals surface area contributed by atoms with E-state index in [1.165, 1.54) is 0 Å². The number of alkyl halides is 2. The first kappa shape index (κ1) is 12.2. The van der Waals surface area contributed by atoms with Crippen molar-refractivity contribution in [1.29, 1.82) is 0 Å². The highest BCUT2D eigenvalue weighted by atomic mass is 19.3. The van der Waals surface area contributed by atoms with Gasteiger partial charge in [-0.3, -0.25) is 4.79 Å². The number of aromatic nitrogens is 2. The summed E-state index contributed by atoms with van der Waals surface area (Å²) in [7, 11) is 0. The Balaban J connectivity index is 2.31. The molecule has 1 aliphatic rings. The van der Waals surface area contributed by atoms with Gasteiger partial charge in [-0.1, -0.05) is 0 Å². The first-order valence-corrected chi connectivity index (χ1v) is 5.84. The van der Waals surface area contributed by atoms with Crippen molar-refractivity contribution in [2.75, 3.05) is 0 Å². The monoisotopic (exact) mass is 242 g/mol. The van der Waals surface area contributed by atoms with E-state index in [-0.39, 0.29) is 24.3 Å². The average Bonchev–Trinajstić information content (AvgIpc) is 2.23. The molecule has 0 bridgehead atoms. The fourth-order valence-electron chi connectivity index (χ4n) is 2.27. The second kappa shape index (κ2) is 4.20. The number of hydrogen-bond acceptors (Lipinski definition) is 2. The van der Waals surface area contributed by atoms with Crippen molar-refractivity contribution in [2.45, 2.75) is 51.4 Å². The van der Waals surface area contributed by atoms with Crippen molar-refractivity contribution < 1.29 is 8.78 Å². The van der Waals surface area contributed by atoms with Gasteiger partial charge in [-0.25, -0.2) is 13.8 Å². The first-order valence-electron chi connectivity index (χ1n) is 5.84. The number of rotatable bonds is 1. The van der Waals surface area contributed by atoms with Crippen LogP contribution in [0.3, 0.4) is 0 Å². The molecule has 1 saturated carbocycles. The molecule has 1 aromatic rings. The zero-order chi connectivity index (χ0) is 12.6. The molecule has 3 nitrogen and oxygen atoms in total. The molecule has 0 spiro atoms. The smallest absolute Gasteiger partial charge is 0.254 e. The van der Waals surface area contributed by atoms with E-state index >= 15 is 0 Å². The van der Waals surface area contributed by atoms with E-state index in [0.717, 1.165) is 0 Å². The number of nitrogens with zero attached hydrogens (tertiary/aromatic N) is 1. The molecule has 1 heterocycles. The second-order valence-electron chi connectivity index (χ2n) is 4.81. The van der Waals surface area contributed by atoms with E-state index < -0.39 is 5.92 Å². The van der Waals surface area contributed by atoms with Gasteiger partial charge in [0, 0.05) is 30.0 Å². The van der Waals surface area contributed by atoms with Gasteiger partial charge in [0.15, 0.2) is 0 Å². The molecule has 0 radical (unpaired) electrons. The highest BCUT2D eigenvalue weighted by Gasteiger charge is 2.37. The van der Waals surface area contributed by atoms with E-state index in [1.807, 2.05) is 0 Å². The lowest BCUT2D eigenvalue weighted by atomic mass is 9.86. The molecule has 0 amide bonds. The van der Waals surface area contributed by atoms with Crippen LogP contribution >= 0.6 is 0 Å². The van der Waals surface area contributed by atoms with Crippen molar-refractivity contribution in [1.82, 2.24) is 9.97 Å². The number of aromatic amines is 1. The average molecular weight is 242 g/mol. The van der Waals surface area contributed by atoms with E-state index in [1.54, 1.807) is 13.8 Å². The van der Waals surface area contributed by atoms with Gasteiger partial charge in [-0.05, 0) is 26.7 Å². The molecule has 0 aromatic carbocycles. The van der Waals surface area contributed by atoms with E-state index in [9.17, 15) is 13.6 Å². The van der Waals surface area contributed by atoms with Crippen LogP contribution in [0.2, 0.25) is 0 Å². The van der Waals surface area contributed by atoms with Crippen LogP contribution < -0.4 is 5.56 Å². The lowest BCUT2D eigenvalue weighted by Crippen LogP contribution is -2.28. The Labute approximate surface area is 98.3 Å². The first-order chi connectivity index (χ1) is 7.89. The van der Waals surface area contributed by atoms with Crippen molar-refractivity contribution in [3.8, 4) is 0 Å². The summed E-state index contributed by atoms with van der Waals surface area (Å²) in [6, 6.07) is 0. The summed E-state index contributed by atoms with van der Waals surface area (Å²) in [5, 5.41) is 0. The van der Waals surface area contributed by atoms with E-state index in [4.69, 9.17) is 0 Å². The fourth-order valence-corrected chi connectivity index (χ4v) is 2.27. The van der Waals surface area contributed by atoms with Gasteiger partial charge in [-0.2, -0.15) is 0 Å². The van der Waals surface area contributed by atoms with E-state index in [0.29, 0.717) is 29.9 Å². The molecule has 0 aliphatic heterocycles. The fraction of sp³-hybridized carbons (Fsp3) is 0.667. The van der Waals surface area contributed by atoms with Crippen LogP contribution in [-0.2, 0) is 0 Å². The summed E-state index contributed by atoms with van der Waals surface area (Å²) in [5.74, 6) is -2.54. The van der Waals surface area contributed by atoms with Crippen molar-refractivity contribution >= 4 is 0 Å². The molecule has 2 rings (SSSR count). The summed E-state index contributed by atoms with van der Waals surface area (Å²) < 4.78 is 26.6. The third-order valence-electron chi connectivity index (χ3n) is 3.44. The zero-order valence-electron chi connectivity index (χ0n) is 10.0. The largest absolute Gasteiger partial charge is 0.310 e. The molecular formula is C12H16F2N2O. The number of H-pyrrole nitrogens is 1. The third-order valence-corrected chi connectivity index (χ3v) is 3.44. The number of hydrogen-bond donors (Lipinski definition) is 1. The minimum absolute atomic E-state index is 0.0570. The summed E-state index contributed by atoms with van der Waals surface area (Å²) in [6.45, 7) is 3.41. The molecule has 1 atom stereocenters. The predicted molar refractivity (Wildman–Crippen MR) is 60.5 cm³/mol. The minimum Gasteiger partial charge on any atom is -0.310 e. The van der Waals surface area contributed by atoms with Crippen LogP contribution in [-0.4, -0.2) is 15.9 Å². The molecule has 94 valence electrons. The normalized spacial score (nSPS) is 23.6. The summed E-state index contributed by atoms with van der Waals surface area (Å²) in [5.41, 5.74) is 0.954. The van der Waals surface area contributed by atoms with Gasteiger partial charge in [-0.15, -0.1) is 0 Å². The topological polar surface area (TPSA) is 45.8 Å². The molecule has 0 saturated heterocycles. The Bertz CT molecular complexity index is 482. The molecule has 1 unspecified atom stereocenters. The number of halogens is 2. The minimum atomic E-state index is -2.62. The van der Waals surface area contributed by atoms with Gasteiger partial charge < -0.3 is 4.98 Å². The summed E-state index contributed by atoms with van der Waals surface area (Å²) in [6.07, 6.45) is 0.881. The molecule has 1 aliphatic carbocycles. The maximum Gasteiger partial charge on any atom is 0.254 e. The van der Waals surface area contributed by atoms with Crippen LogP contribution in [0.4, 0.5) is 8.78 Å². The van der Waals surface area contributed by atoms with Crippen molar-refractivity contribution in [2.24, 2.45) is 0 Å². The lowest BCUT2D eigenvalue weighted by molar-refractivity contribution is -0.0417. The highest BCUT2D eigenvalue weighted by molar-refractivity contribution is 5.16. The summed E-state index contributed by atoms with van der Waals surface area (Å²) in [4.78, 5) is 18.4. The van der Waals surface area contributed by atoms with Crippen LogP contribution in [0.1, 0.15) is 48.7 Å². The molecule has 17 heavy (non-hydrogen) atoms. The molecule has 1 fully saturated rings. The number of aryl methyl sites for hydroxylation is 1. The maximum atomic E-state index is 13.3. The van der Waals surface area contributed by atoms with Gasteiger partial charge in [0.2, 0.25) is 5.92 Å². The predicted octanol–water partition coefficient (Wildman–Crippen LogP) is 2.68. The Hall–Kier alpha value is -1.26. The van der Waals surface area contributed by atoms with Gasteiger partial charge in [0.1, 0.15) is 5.82 Å². The highest BCUT2D eigenvalue weighted by Crippen LogP contribution is 2.40. The van der Waals surface area contributed by atoms with Crippen LogP contribution in [0.5, 0.6) is 0 Å². The summed E-state index contributed by atoms with van der Waals surface area (Å²) >= 11 is 0. The maximum absolute atomic E-state index is 13.3. The lowest BCUT2D eigenvalue weighted by Gasteiger charge is -2.28. The molecule has 5 heteroatoms. The van der Waals surface area contributed by atoms with Crippen LogP contribution in [0.25, 0.3) is 0 Å². The Morgan fingerprint density at radius 2 is 2.12 bits per heavy atom. The molecule has 1 aromatic heterocycles. The Morgan fingerprint density at radius 3 is 2.71 bits per heavy atom. The van der Waals surface area contributed by atoms with Crippen LogP contribution in [0.15, 0.2) is 4.79 Å². The Morgan fingerprint density at radius 1 is 1.41 bits per heavy atom. The van der Waals surface area contributed by atoms with Crippen molar-refractivity contribution in [3.05, 3.63) is 27.4 Å². The zero-order valence-corrected chi connectivity index (χ0v) is 10.0. The quantitative estimate of drug-likeness (QED) is 0.823. The molecule has 1 N–H and O–H groups in total. The van der Waals surface area contributed by atoms with Gasteiger partial charge in [0.25, 0.3) is 5.56 Å². The van der Waals surface area contributed by atoms with Gasteiger partial charge >= 0.3 is 0 Å². The number of nitrogens with one attached hydrogen (secondary N) is 1. The SMILES string of the molecule is Cc1nc(C2CCCC(F)(F)C2)[nH]c(=O)c1C. The van der Waals surface area contributed by atoms with E-state index in [2.05, 4.69) is 9.97 Å². The van der Waals surface area contributed by atoms with Gasteiger partial charge in [0.05, 0.1) is 0 Å². The third kappa shape index (κ3) is 2.53. The van der Waals surface area contributed by atoms with Crippen LogP contribution in [0, 0.1) is 13.8 Å². The second-order valence-corrected chi connectivity index (χ2v) is 4.81. The standard InChI is InChI=1S/C12H16F2N2O/c1-7-8(2)15-10(16-11(7)17)9-4-3-5-12(13,14)6-9/h9H,3-6H2,1-2H3,(H,15,16,17). The Kier molecular flexibility index (Phi) is 3.02.